The van der Waals surface area contributed by atoms with Crippen molar-refractivity contribution in [3.63, 3.8) is 0 Å². The van der Waals surface area contributed by atoms with Gasteiger partial charge >= 0.3 is 6.03 Å². The number of nitrogens with one attached hydrogen (secondary N) is 2. The second-order valence-electron chi connectivity index (χ2n) is 9.74. The summed E-state index contributed by atoms with van der Waals surface area (Å²) < 4.78 is 46.4. The zero-order valence-electron chi connectivity index (χ0n) is 19.4. The molecule has 0 unspecified atom stereocenters. The highest BCUT2D eigenvalue weighted by atomic mass is 35.5. The Balaban J connectivity index is 1.16. The first-order valence-corrected chi connectivity index (χ1v) is 12.3. The lowest BCUT2D eigenvalue weighted by molar-refractivity contribution is 0.0849. The van der Waals surface area contributed by atoms with Crippen molar-refractivity contribution in [3.05, 3.63) is 75.0 Å². The van der Waals surface area contributed by atoms with E-state index in [1.165, 1.54) is 24.4 Å². The number of ether oxygens (including phenoxy) is 1. The van der Waals surface area contributed by atoms with Crippen LogP contribution in [0, 0.1) is 11.7 Å². The molecule has 6 rings (SSSR count). The molecule has 2 amide bonds. The third-order valence-electron chi connectivity index (χ3n) is 7.33. The number of amides is 2. The molecule has 1 saturated carbocycles. The Bertz CT molecular complexity index is 1450. The summed E-state index contributed by atoms with van der Waals surface area (Å²) in [7, 11) is 0. The summed E-state index contributed by atoms with van der Waals surface area (Å²) in [6.45, 7) is -0.120. The molecule has 4 heterocycles. The van der Waals surface area contributed by atoms with E-state index in [1.54, 1.807) is 23.2 Å². The molecule has 3 atom stereocenters. The number of urea groups is 1. The van der Waals surface area contributed by atoms with Gasteiger partial charge in [0.2, 0.25) is 11.4 Å². The average molecular weight is 531 g/mol. The number of alkyl halides is 2. The Labute approximate surface area is 214 Å². The van der Waals surface area contributed by atoms with Crippen LogP contribution in [0.3, 0.4) is 0 Å². The van der Waals surface area contributed by atoms with E-state index in [1.807, 2.05) is 0 Å². The van der Waals surface area contributed by atoms with Crippen LogP contribution in [0.15, 0.2) is 47.5 Å². The van der Waals surface area contributed by atoms with Crippen LogP contribution < -0.4 is 15.6 Å². The second-order valence-corrected chi connectivity index (χ2v) is 10.1. The van der Waals surface area contributed by atoms with Crippen molar-refractivity contribution in [1.29, 1.82) is 0 Å². The molecule has 3 aromatic rings. The minimum atomic E-state index is -2.67. The van der Waals surface area contributed by atoms with Gasteiger partial charge in [-0.25, -0.2) is 22.9 Å². The van der Waals surface area contributed by atoms with Crippen molar-refractivity contribution in [2.45, 2.75) is 43.7 Å². The third-order valence-corrected chi connectivity index (χ3v) is 7.64. The van der Waals surface area contributed by atoms with Gasteiger partial charge in [0, 0.05) is 48.1 Å². The van der Waals surface area contributed by atoms with Crippen molar-refractivity contribution in [3.8, 4) is 17.0 Å². The quantitative estimate of drug-likeness (QED) is 0.452. The number of halogens is 4. The van der Waals surface area contributed by atoms with Crippen LogP contribution in [-0.4, -0.2) is 39.5 Å². The zero-order valence-corrected chi connectivity index (χ0v) is 20.2. The van der Waals surface area contributed by atoms with Gasteiger partial charge in [0.15, 0.2) is 0 Å². The number of hydrogen-bond acceptors (Lipinski definition) is 4. The normalized spacial score (nSPS) is 22.9. The largest absolute Gasteiger partial charge is 0.477 e. The summed E-state index contributed by atoms with van der Waals surface area (Å²) in [5.74, 6) is -3.94. The molecule has 2 N–H and O–H groups in total. The number of aromatic amines is 1. The molecule has 3 aliphatic rings. The van der Waals surface area contributed by atoms with Crippen LogP contribution in [0.1, 0.15) is 36.4 Å². The summed E-state index contributed by atoms with van der Waals surface area (Å²) in [5, 5.41) is 2.85. The van der Waals surface area contributed by atoms with Gasteiger partial charge in [0.25, 0.3) is 5.92 Å². The Morgan fingerprint density at radius 3 is 2.81 bits per heavy atom. The Morgan fingerprint density at radius 1 is 1.27 bits per heavy atom. The van der Waals surface area contributed by atoms with E-state index in [9.17, 15) is 18.4 Å². The molecule has 1 aliphatic carbocycles. The lowest BCUT2D eigenvalue weighted by Gasteiger charge is -2.36. The van der Waals surface area contributed by atoms with E-state index in [0.717, 1.165) is 24.0 Å². The molecule has 7 nitrogen and oxygen atoms in total. The summed E-state index contributed by atoms with van der Waals surface area (Å²) in [6.07, 6.45) is 5.01. The first-order chi connectivity index (χ1) is 17.7. The van der Waals surface area contributed by atoms with Crippen molar-refractivity contribution in [2.75, 3.05) is 11.9 Å². The van der Waals surface area contributed by atoms with Gasteiger partial charge in [-0.3, -0.25) is 4.79 Å². The highest BCUT2D eigenvalue weighted by Crippen LogP contribution is 2.48. The molecular weight excluding hydrogens is 509 g/mol. The Morgan fingerprint density at radius 2 is 2.08 bits per heavy atom. The number of anilines is 1. The third kappa shape index (κ3) is 4.43. The van der Waals surface area contributed by atoms with Gasteiger partial charge in [0.1, 0.15) is 5.82 Å². The Kier molecular flexibility index (Phi) is 5.67. The molecule has 2 bridgehead atoms. The van der Waals surface area contributed by atoms with E-state index < -0.39 is 23.7 Å². The fourth-order valence-electron chi connectivity index (χ4n) is 5.27. The number of hydrogen-bond donors (Lipinski definition) is 2. The molecule has 192 valence electrons. The van der Waals surface area contributed by atoms with Crippen molar-refractivity contribution in [2.24, 2.45) is 5.92 Å². The lowest BCUT2D eigenvalue weighted by atomic mass is 9.95. The number of fused-ring (bicyclic) bond motifs is 4. The van der Waals surface area contributed by atoms with Crippen LogP contribution in [0.5, 0.6) is 5.88 Å². The van der Waals surface area contributed by atoms with E-state index in [4.69, 9.17) is 16.3 Å². The smallest absolute Gasteiger partial charge is 0.322 e. The first kappa shape index (κ1) is 23.8. The monoisotopic (exact) mass is 530 g/mol. The van der Waals surface area contributed by atoms with Crippen LogP contribution in [0.25, 0.3) is 11.1 Å². The van der Waals surface area contributed by atoms with Crippen molar-refractivity contribution < 1.29 is 22.7 Å². The maximum Gasteiger partial charge on any atom is 0.322 e. The predicted molar refractivity (Wildman–Crippen MR) is 131 cm³/mol. The topological polar surface area (TPSA) is 87.3 Å². The molecule has 2 fully saturated rings. The SMILES string of the molecule is O=C(Nc1cc(Cl)c(-c2ccc(OC[C@@H]3CC3(F)F)nc2)cc1F)N1[C@H]2CC[C@@H]1c1c[nH]c(=O)cc1C2. The van der Waals surface area contributed by atoms with Gasteiger partial charge in [-0.1, -0.05) is 11.6 Å². The number of rotatable bonds is 5. The van der Waals surface area contributed by atoms with Gasteiger partial charge in [-0.05, 0) is 48.6 Å². The van der Waals surface area contributed by atoms with Crippen LogP contribution in [0.4, 0.5) is 23.7 Å². The molecule has 1 aromatic carbocycles. The standard InChI is InChI=1S/C26H22ClF3N4O3/c27-19-8-21(33-25(36)34-16-2-3-22(34)18-11-31-23(35)6-14(18)5-16)20(28)7-17(19)13-1-4-24(32-10-13)37-12-15-9-26(15,29)30/h1,4,6-8,10-11,15-16,22H,2-3,5,9,12H2,(H,31,35)(H,33,36)/t15-,16-,22+/m0/s1. The number of benzene rings is 1. The van der Waals surface area contributed by atoms with Crippen molar-refractivity contribution >= 4 is 23.3 Å². The van der Waals surface area contributed by atoms with E-state index >= 15 is 4.39 Å². The number of carbonyl (C=O) groups is 1. The number of aromatic nitrogens is 2. The fourth-order valence-corrected chi connectivity index (χ4v) is 5.54. The van der Waals surface area contributed by atoms with Crippen LogP contribution >= 0.6 is 11.6 Å². The highest BCUT2D eigenvalue weighted by Gasteiger charge is 2.57. The van der Waals surface area contributed by atoms with Crippen LogP contribution in [0.2, 0.25) is 5.02 Å². The van der Waals surface area contributed by atoms with E-state index in [2.05, 4.69) is 15.3 Å². The average Bonchev–Trinajstić information content (AvgIpc) is 3.35. The zero-order chi connectivity index (χ0) is 25.9. The molecule has 2 aliphatic heterocycles. The van der Waals surface area contributed by atoms with Crippen LogP contribution in [-0.2, 0) is 6.42 Å². The second kappa shape index (κ2) is 8.79. The number of carbonyl (C=O) groups excluding carboxylic acids is 1. The molecule has 2 aromatic heterocycles. The predicted octanol–water partition coefficient (Wildman–Crippen LogP) is 5.56. The molecule has 0 spiro atoms. The fraction of sp³-hybridized carbons (Fsp3) is 0.346. The van der Waals surface area contributed by atoms with Crippen molar-refractivity contribution in [1.82, 2.24) is 14.9 Å². The molecule has 1 saturated heterocycles. The summed E-state index contributed by atoms with van der Waals surface area (Å²) in [4.78, 5) is 33.4. The number of nitrogens with zero attached hydrogens (tertiary/aromatic N) is 2. The molecule has 11 heteroatoms. The van der Waals surface area contributed by atoms with E-state index in [-0.39, 0.29) is 47.3 Å². The summed E-state index contributed by atoms with van der Waals surface area (Å²) in [5.41, 5.74) is 2.49. The molecule has 37 heavy (non-hydrogen) atoms. The minimum Gasteiger partial charge on any atom is -0.477 e. The molecular formula is C26H22ClF3N4O3. The number of pyridine rings is 2. The maximum absolute atomic E-state index is 15.1. The number of H-pyrrole nitrogens is 1. The van der Waals surface area contributed by atoms with Gasteiger partial charge in [-0.15, -0.1) is 0 Å². The maximum atomic E-state index is 15.1. The minimum absolute atomic E-state index is 0.0521. The summed E-state index contributed by atoms with van der Waals surface area (Å²) in [6, 6.07) is 6.56. The highest BCUT2D eigenvalue weighted by molar-refractivity contribution is 6.33. The summed E-state index contributed by atoms with van der Waals surface area (Å²) >= 11 is 6.43. The lowest BCUT2D eigenvalue weighted by Crippen LogP contribution is -2.44. The van der Waals surface area contributed by atoms with Gasteiger partial charge in [-0.2, -0.15) is 0 Å². The van der Waals surface area contributed by atoms with Gasteiger partial charge < -0.3 is 19.9 Å². The first-order valence-electron chi connectivity index (χ1n) is 12.0. The Hall–Kier alpha value is -3.53. The van der Waals surface area contributed by atoms with Gasteiger partial charge in [0.05, 0.1) is 29.3 Å². The van der Waals surface area contributed by atoms with E-state index in [0.29, 0.717) is 17.5 Å². The molecule has 0 radical (unpaired) electrons.